The molecule has 1 saturated carbocycles. The molecule has 4 heteroatoms. The summed E-state index contributed by atoms with van der Waals surface area (Å²) in [6.07, 6.45) is 25.3. The Kier molecular flexibility index (Phi) is 16.0. The highest BCUT2D eigenvalue weighted by atomic mass is 32.1. The zero-order valence-corrected chi connectivity index (χ0v) is 19.1. The Bertz CT molecular complexity index is 637. The van der Waals surface area contributed by atoms with E-state index in [1.807, 2.05) is 13.0 Å². The van der Waals surface area contributed by atoms with Crippen molar-refractivity contribution in [3.05, 3.63) is 45.7 Å². The fraction of sp³-hybridized carbons (Fsp3) is 0.560. The van der Waals surface area contributed by atoms with Gasteiger partial charge in [-0.3, -0.25) is 0 Å². The SMILES string of the molecule is C#C.C/C=C1\CC[C@H](/C=C/CCCC[C@@H](C)O)C1.CCCc1ccc(C(=O)O)s1. The van der Waals surface area contributed by atoms with Crippen molar-refractivity contribution in [2.45, 2.75) is 84.7 Å². The molecule has 1 aliphatic rings. The van der Waals surface area contributed by atoms with E-state index in [4.69, 9.17) is 10.2 Å². The first-order valence-corrected chi connectivity index (χ1v) is 11.4. The number of terminal acetylenes is 1. The first-order chi connectivity index (χ1) is 14.0. The molecule has 0 aliphatic heterocycles. The van der Waals surface area contributed by atoms with Crippen LogP contribution in [0, 0.1) is 18.8 Å². The average molecular weight is 419 g/mol. The maximum atomic E-state index is 10.4. The highest BCUT2D eigenvalue weighted by molar-refractivity contribution is 7.13. The third-order valence-corrected chi connectivity index (χ3v) is 5.92. The molecule has 0 aromatic carbocycles. The van der Waals surface area contributed by atoms with Crippen LogP contribution in [0.1, 0.15) is 86.7 Å². The standard InChI is InChI=1S/C15H26O.C8H10O2S.C2H2/c1-3-14-10-11-15(12-14)9-7-5-4-6-8-13(2)16;1-2-3-6-4-5-7(11-6)8(9)10;1-2/h3,7,9,13,15-16H,4-6,8,10-12H2,1-2H3;4-5H,2-3H2,1H3,(H,9,10);1-2H/b9-7+,14-3+;;/t13-,15+;;/m1../s1. The van der Waals surface area contributed by atoms with Crippen LogP contribution in [0.15, 0.2) is 35.9 Å². The number of hydrogen-bond donors (Lipinski definition) is 2. The molecule has 2 atom stereocenters. The first kappa shape index (κ1) is 27.2. The van der Waals surface area contributed by atoms with Crippen molar-refractivity contribution < 1.29 is 15.0 Å². The fourth-order valence-electron chi connectivity index (χ4n) is 3.20. The quantitative estimate of drug-likeness (QED) is 0.261. The third kappa shape index (κ3) is 13.1. The first-order valence-electron chi connectivity index (χ1n) is 10.6. The lowest BCUT2D eigenvalue weighted by Crippen LogP contribution is -1.97. The van der Waals surface area contributed by atoms with Gasteiger partial charge in [-0.2, -0.15) is 0 Å². The minimum absolute atomic E-state index is 0.129. The molecule has 1 heterocycles. The zero-order valence-electron chi connectivity index (χ0n) is 18.3. The summed E-state index contributed by atoms with van der Waals surface area (Å²) in [5.74, 6) is -0.0275. The van der Waals surface area contributed by atoms with Gasteiger partial charge >= 0.3 is 5.97 Å². The maximum Gasteiger partial charge on any atom is 0.345 e. The molecule has 0 unspecified atom stereocenters. The van der Waals surface area contributed by atoms with Crippen LogP contribution in [0.25, 0.3) is 0 Å². The second kappa shape index (κ2) is 17.1. The lowest BCUT2D eigenvalue weighted by molar-refractivity contribution is 0.0702. The van der Waals surface area contributed by atoms with Gasteiger partial charge in [0, 0.05) is 4.88 Å². The van der Waals surface area contributed by atoms with Crippen LogP contribution in [0.4, 0.5) is 0 Å². The average Bonchev–Trinajstić information content (AvgIpc) is 3.36. The lowest BCUT2D eigenvalue weighted by Gasteiger charge is -2.02. The number of hydrogen-bond acceptors (Lipinski definition) is 3. The Labute approximate surface area is 181 Å². The number of rotatable bonds is 9. The van der Waals surface area contributed by atoms with Gasteiger partial charge in [-0.25, -0.2) is 4.79 Å². The number of aryl methyl sites for hydroxylation is 1. The van der Waals surface area contributed by atoms with Crippen molar-refractivity contribution in [1.29, 1.82) is 0 Å². The largest absolute Gasteiger partial charge is 0.477 e. The summed E-state index contributed by atoms with van der Waals surface area (Å²) in [5.41, 5.74) is 1.63. The predicted octanol–water partition coefficient (Wildman–Crippen LogP) is 6.88. The molecule has 1 aliphatic carbocycles. The maximum absolute atomic E-state index is 10.4. The monoisotopic (exact) mass is 418 g/mol. The van der Waals surface area contributed by atoms with E-state index < -0.39 is 5.97 Å². The van der Waals surface area contributed by atoms with Crippen molar-refractivity contribution in [3.63, 3.8) is 0 Å². The summed E-state index contributed by atoms with van der Waals surface area (Å²) in [5, 5.41) is 17.7. The van der Waals surface area contributed by atoms with Crippen molar-refractivity contribution in [2.24, 2.45) is 5.92 Å². The van der Waals surface area contributed by atoms with Gasteiger partial charge in [0.1, 0.15) is 4.88 Å². The summed E-state index contributed by atoms with van der Waals surface area (Å²) in [7, 11) is 0. The normalized spacial score (nSPS) is 18.0. The molecule has 1 fully saturated rings. The number of thiophene rings is 1. The van der Waals surface area contributed by atoms with E-state index in [-0.39, 0.29) is 6.10 Å². The summed E-state index contributed by atoms with van der Waals surface area (Å²) in [6, 6.07) is 3.55. The molecule has 0 saturated heterocycles. The molecule has 1 aromatic heterocycles. The van der Waals surface area contributed by atoms with Gasteiger partial charge in [-0.05, 0) is 76.8 Å². The molecule has 0 spiro atoms. The van der Waals surface area contributed by atoms with Gasteiger partial charge in [0.25, 0.3) is 0 Å². The molecule has 0 amide bonds. The highest BCUT2D eigenvalue weighted by Gasteiger charge is 2.15. The second-order valence-corrected chi connectivity index (χ2v) is 8.50. The molecular weight excluding hydrogens is 380 g/mol. The Morgan fingerprint density at radius 1 is 1.34 bits per heavy atom. The minimum Gasteiger partial charge on any atom is -0.477 e. The van der Waals surface area contributed by atoms with Gasteiger partial charge in [-0.15, -0.1) is 24.2 Å². The predicted molar refractivity (Wildman–Crippen MR) is 126 cm³/mol. The summed E-state index contributed by atoms with van der Waals surface area (Å²) in [4.78, 5) is 12.0. The van der Waals surface area contributed by atoms with Crippen LogP contribution >= 0.6 is 11.3 Å². The number of carbonyl (C=O) groups is 1. The van der Waals surface area contributed by atoms with Crippen LogP contribution < -0.4 is 0 Å². The second-order valence-electron chi connectivity index (χ2n) is 7.33. The molecule has 2 rings (SSSR count). The smallest absolute Gasteiger partial charge is 0.345 e. The minimum atomic E-state index is -0.822. The highest BCUT2D eigenvalue weighted by Crippen LogP contribution is 2.31. The van der Waals surface area contributed by atoms with Gasteiger partial charge in [0.15, 0.2) is 0 Å². The van der Waals surface area contributed by atoms with E-state index in [0.29, 0.717) is 4.88 Å². The fourth-order valence-corrected chi connectivity index (χ4v) is 4.15. The van der Waals surface area contributed by atoms with Crippen LogP contribution in [0.2, 0.25) is 0 Å². The number of allylic oxidation sites excluding steroid dienone is 4. The van der Waals surface area contributed by atoms with Gasteiger partial charge in [0.2, 0.25) is 0 Å². The molecule has 0 bridgehead atoms. The van der Waals surface area contributed by atoms with Gasteiger partial charge in [0.05, 0.1) is 6.10 Å². The van der Waals surface area contributed by atoms with Crippen LogP contribution in [-0.4, -0.2) is 22.3 Å². The summed E-state index contributed by atoms with van der Waals surface area (Å²) < 4.78 is 0. The van der Waals surface area contributed by atoms with E-state index >= 15 is 0 Å². The molecular formula is C25H38O3S. The summed E-state index contributed by atoms with van der Waals surface area (Å²) >= 11 is 1.37. The molecule has 162 valence electrons. The van der Waals surface area contributed by atoms with Crippen LogP contribution in [0.3, 0.4) is 0 Å². The Balaban J connectivity index is 0.000000526. The molecule has 0 radical (unpaired) electrons. The summed E-state index contributed by atoms with van der Waals surface area (Å²) in [6.45, 7) is 6.10. The number of unbranched alkanes of at least 4 members (excludes halogenated alkanes) is 2. The van der Waals surface area contributed by atoms with E-state index in [1.54, 1.807) is 11.6 Å². The van der Waals surface area contributed by atoms with E-state index in [9.17, 15) is 4.79 Å². The van der Waals surface area contributed by atoms with Crippen molar-refractivity contribution in [2.75, 3.05) is 0 Å². The number of aliphatic hydroxyl groups is 1. The van der Waals surface area contributed by atoms with Crippen molar-refractivity contribution in [3.8, 4) is 12.8 Å². The van der Waals surface area contributed by atoms with Crippen molar-refractivity contribution >= 4 is 17.3 Å². The van der Waals surface area contributed by atoms with E-state index in [1.165, 1.54) is 43.4 Å². The molecule has 2 N–H and O–H groups in total. The van der Waals surface area contributed by atoms with Crippen LogP contribution in [-0.2, 0) is 6.42 Å². The number of carboxylic acids is 1. The molecule has 29 heavy (non-hydrogen) atoms. The zero-order chi connectivity index (χ0) is 22.1. The molecule has 3 nitrogen and oxygen atoms in total. The van der Waals surface area contributed by atoms with Crippen molar-refractivity contribution in [1.82, 2.24) is 0 Å². The topological polar surface area (TPSA) is 57.5 Å². The number of carboxylic acid groups (broad SMARTS) is 1. The Morgan fingerprint density at radius 3 is 2.59 bits per heavy atom. The van der Waals surface area contributed by atoms with E-state index in [2.05, 4.69) is 44.9 Å². The lowest BCUT2D eigenvalue weighted by atomic mass is 10.1. The number of aliphatic hydroxyl groups excluding tert-OH is 1. The Morgan fingerprint density at radius 2 is 2.07 bits per heavy atom. The Hall–Kier alpha value is -1.83. The molecule has 1 aromatic rings. The van der Waals surface area contributed by atoms with Crippen LogP contribution in [0.5, 0.6) is 0 Å². The number of aromatic carboxylic acids is 1. The third-order valence-electron chi connectivity index (χ3n) is 4.79. The van der Waals surface area contributed by atoms with E-state index in [0.717, 1.165) is 36.5 Å². The van der Waals surface area contributed by atoms with Gasteiger partial charge < -0.3 is 10.2 Å². The van der Waals surface area contributed by atoms with Gasteiger partial charge in [-0.1, -0.05) is 43.6 Å².